The van der Waals surface area contributed by atoms with Gasteiger partial charge in [0, 0.05) is 12.1 Å². The van der Waals surface area contributed by atoms with Crippen molar-refractivity contribution in [2.24, 2.45) is 5.92 Å². The summed E-state index contributed by atoms with van der Waals surface area (Å²) in [7, 11) is 0. The highest BCUT2D eigenvalue weighted by Gasteiger charge is 2.31. The Bertz CT molecular complexity index is 352. The molecule has 1 unspecified atom stereocenters. The van der Waals surface area contributed by atoms with Gasteiger partial charge in [-0.25, -0.2) is 4.39 Å². The summed E-state index contributed by atoms with van der Waals surface area (Å²) in [5.74, 6) is 1.12. The van der Waals surface area contributed by atoms with E-state index < -0.39 is 0 Å². The molecule has 0 spiro atoms. The molecule has 0 bridgehead atoms. The van der Waals surface area contributed by atoms with Crippen molar-refractivity contribution < 1.29 is 9.13 Å². The van der Waals surface area contributed by atoms with Gasteiger partial charge in [-0.2, -0.15) is 0 Å². The number of nitrogens with one attached hydrogen (secondary N) is 1. The van der Waals surface area contributed by atoms with E-state index in [4.69, 9.17) is 4.74 Å². The van der Waals surface area contributed by atoms with Crippen LogP contribution in [0.4, 0.5) is 4.39 Å². The molecule has 1 atom stereocenters. The van der Waals surface area contributed by atoms with E-state index in [0.717, 1.165) is 18.9 Å². The minimum Gasteiger partial charge on any atom is -0.492 e. The zero-order valence-electron chi connectivity index (χ0n) is 10.3. The first-order valence-electron chi connectivity index (χ1n) is 6.41. The normalized spacial score (nSPS) is 16.8. The number of halogens is 1. The predicted octanol–water partition coefficient (Wildman–Crippen LogP) is 2.98. The molecule has 1 aliphatic rings. The van der Waals surface area contributed by atoms with Crippen molar-refractivity contribution in [3.8, 4) is 5.75 Å². The number of hydrogen-bond acceptors (Lipinski definition) is 2. The van der Waals surface area contributed by atoms with E-state index in [1.807, 2.05) is 0 Å². The van der Waals surface area contributed by atoms with Crippen molar-refractivity contribution >= 4 is 0 Å². The quantitative estimate of drug-likeness (QED) is 0.787. The molecule has 1 aromatic rings. The Balaban J connectivity index is 1.82. The van der Waals surface area contributed by atoms with Crippen LogP contribution in [0, 0.1) is 11.7 Å². The Morgan fingerprint density at radius 1 is 1.47 bits per heavy atom. The van der Waals surface area contributed by atoms with E-state index in [2.05, 4.69) is 12.2 Å². The lowest BCUT2D eigenvalue weighted by Gasteiger charge is -2.18. The fourth-order valence-electron chi connectivity index (χ4n) is 1.93. The Morgan fingerprint density at radius 2 is 2.29 bits per heavy atom. The zero-order valence-corrected chi connectivity index (χ0v) is 10.3. The van der Waals surface area contributed by atoms with Gasteiger partial charge in [-0.3, -0.25) is 0 Å². The summed E-state index contributed by atoms with van der Waals surface area (Å²) < 4.78 is 18.6. The smallest absolute Gasteiger partial charge is 0.126 e. The van der Waals surface area contributed by atoms with Gasteiger partial charge in [-0.05, 0) is 43.9 Å². The summed E-state index contributed by atoms with van der Waals surface area (Å²) in [4.78, 5) is 0. The van der Waals surface area contributed by atoms with Gasteiger partial charge in [-0.1, -0.05) is 13.0 Å². The van der Waals surface area contributed by atoms with E-state index in [-0.39, 0.29) is 5.82 Å². The molecule has 1 fully saturated rings. The highest BCUT2D eigenvalue weighted by atomic mass is 19.1. The fraction of sp³-hybridized carbons (Fsp3) is 0.571. The Morgan fingerprint density at radius 3 is 2.94 bits per heavy atom. The van der Waals surface area contributed by atoms with E-state index in [9.17, 15) is 4.39 Å². The first-order chi connectivity index (χ1) is 8.29. The molecule has 1 aromatic carbocycles. The van der Waals surface area contributed by atoms with Gasteiger partial charge in [-0.15, -0.1) is 0 Å². The summed E-state index contributed by atoms with van der Waals surface area (Å²) in [5.41, 5.74) is 0. The standard InChI is InChI=1S/C14H20FNO/c1-2-8-16-14(11-6-7-11)10-17-13-5-3-4-12(15)9-13/h3-5,9,11,14,16H,2,6-8,10H2,1H3. The summed E-state index contributed by atoms with van der Waals surface area (Å²) in [5, 5.41) is 3.50. The van der Waals surface area contributed by atoms with Crippen LogP contribution in [0.2, 0.25) is 0 Å². The number of rotatable bonds is 7. The lowest BCUT2D eigenvalue weighted by atomic mass is 10.2. The molecule has 3 heteroatoms. The lowest BCUT2D eigenvalue weighted by molar-refractivity contribution is 0.248. The molecule has 17 heavy (non-hydrogen) atoms. The van der Waals surface area contributed by atoms with Crippen LogP contribution in [0.1, 0.15) is 26.2 Å². The van der Waals surface area contributed by atoms with Crippen LogP contribution in [-0.4, -0.2) is 19.2 Å². The molecule has 0 saturated heterocycles. The maximum atomic E-state index is 13.0. The highest BCUT2D eigenvalue weighted by molar-refractivity contribution is 5.22. The fourth-order valence-corrected chi connectivity index (χ4v) is 1.93. The Hall–Kier alpha value is -1.09. The second-order valence-electron chi connectivity index (χ2n) is 4.67. The molecular weight excluding hydrogens is 217 g/mol. The Labute approximate surface area is 102 Å². The van der Waals surface area contributed by atoms with Crippen molar-refractivity contribution in [1.29, 1.82) is 0 Å². The van der Waals surface area contributed by atoms with E-state index in [0.29, 0.717) is 18.4 Å². The minimum absolute atomic E-state index is 0.244. The van der Waals surface area contributed by atoms with Gasteiger partial charge in [0.1, 0.15) is 18.2 Å². The average molecular weight is 237 g/mol. The molecule has 2 rings (SSSR count). The summed E-state index contributed by atoms with van der Waals surface area (Å²) in [6.45, 7) is 3.81. The molecule has 1 aliphatic carbocycles. The molecule has 0 radical (unpaired) electrons. The molecule has 0 heterocycles. The van der Waals surface area contributed by atoms with Crippen molar-refractivity contribution in [2.75, 3.05) is 13.2 Å². The van der Waals surface area contributed by atoms with Crippen LogP contribution in [0.25, 0.3) is 0 Å². The summed E-state index contributed by atoms with van der Waals surface area (Å²) >= 11 is 0. The maximum Gasteiger partial charge on any atom is 0.126 e. The van der Waals surface area contributed by atoms with Crippen molar-refractivity contribution in [3.63, 3.8) is 0 Å². The van der Waals surface area contributed by atoms with Crippen LogP contribution < -0.4 is 10.1 Å². The van der Waals surface area contributed by atoms with Gasteiger partial charge in [0.15, 0.2) is 0 Å². The largest absolute Gasteiger partial charge is 0.492 e. The van der Waals surface area contributed by atoms with Crippen molar-refractivity contribution in [1.82, 2.24) is 5.32 Å². The second-order valence-corrected chi connectivity index (χ2v) is 4.67. The molecule has 0 amide bonds. The SMILES string of the molecule is CCCNC(COc1cccc(F)c1)C1CC1. The number of hydrogen-bond donors (Lipinski definition) is 1. The highest BCUT2D eigenvalue weighted by Crippen LogP contribution is 2.32. The zero-order chi connectivity index (χ0) is 12.1. The van der Waals surface area contributed by atoms with Crippen LogP contribution in [0.5, 0.6) is 5.75 Å². The predicted molar refractivity (Wildman–Crippen MR) is 66.7 cm³/mol. The minimum atomic E-state index is -0.244. The molecule has 1 N–H and O–H groups in total. The Kier molecular flexibility index (Phi) is 4.37. The van der Waals surface area contributed by atoms with Gasteiger partial charge in [0.05, 0.1) is 0 Å². The number of benzene rings is 1. The topological polar surface area (TPSA) is 21.3 Å². The lowest BCUT2D eigenvalue weighted by Crippen LogP contribution is -2.37. The van der Waals surface area contributed by atoms with Gasteiger partial charge in [0.2, 0.25) is 0 Å². The van der Waals surface area contributed by atoms with E-state index >= 15 is 0 Å². The van der Waals surface area contributed by atoms with E-state index in [1.165, 1.54) is 25.0 Å². The molecule has 2 nitrogen and oxygen atoms in total. The first kappa shape index (κ1) is 12.4. The molecule has 0 aliphatic heterocycles. The monoisotopic (exact) mass is 237 g/mol. The third kappa shape index (κ3) is 4.00. The van der Waals surface area contributed by atoms with Crippen LogP contribution in [0.3, 0.4) is 0 Å². The molecule has 1 saturated carbocycles. The number of ether oxygens (including phenoxy) is 1. The van der Waals surface area contributed by atoms with Gasteiger partial charge < -0.3 is 10.1 Å². The van der Waals surface area contributed by atoms with Crippen LogP contribution >= 0.6 is 0 Å². The average Bonchev–Trinajstić information content (AvgIpc) is 3.13. The van der Waals surface area contributed by atoms with Gasteiger partial charge >= 0.3 is 0 Å². The third-order valence-electron chi connectivity index (χ3n) is 3.07. The van der Waals surface area contributed by atoms with Crippen molar-refractivity contribution in [2.45, 2.75) is 32.2 Å². The van der Waals surface area contributed by atoms with Crippen LogP contribution in [-0.2, 0) is 0 Å². The van der Waals surface area contributed by atoms with E-state index in [1.54, 1.807) is 12.1 Å². The third-order valence-corrected chi connectivity index (χ3v) is 3.07. The first-order valence-corrected chi connectivity index (χ1v) is 6.41. The molecular formula is C14H20FNO. The van der Waals surface area contributed by atoms with Gasteiger partial charge in [0.25, 0.3) is 0 Å². The van der Waals surface area contributed by atoms with Crippen molar-refractivity contribution in [3.05, 3.63) is 30.1 Å². The molecule has 94 valence electrons. The molecule has 0 aromatic heterocycles. The van der Waals surface area contributed by atoms with Crippen LogP contribution in [0.15, 0.2) is 24.3 Å². The summed E-state index contributed by atoms with van der Waals surface area (Å²) in [6.07, 6.45) is 3.70. The maximum absolute atomic E-state index is 13.0. The second kappa shape index (κ2) is 6.01. The summed E-state index contributed by atoms with van der Waals surface area (Å²) in [6, 6.07) is 6.76.